The van der Waals surface area contributed by atoms with Gasteiger partial charge in [-0.3, -0.25) is 14.4 Å². The second kappa shape index (κ2) is 10.6. The summed E-state index contributed by atoms with van der Waals surface area (Å²) >= 11 is 0.874. The van der Waals surface area contributed by atoms with Crippen molar-refractivity contribution in [2.75, 3.05) is 25.4 Å². The molecule has 0 aromatic carbocycles. The average molecular weight is 402 g/mol. The van der Waals surface area contributed by atoms with Gasteiger partial charge < -0.3 is 25.2 Å². The molecule has 1 atom stereocenters. The zero-order valence-electron chi connectivity index (χ0n) is 15.0. The van der Waals surface area contributed by atoms with E-state index in [9.17, 15) is 24.0 Å². The summed E-state index contributed by atoms with van der Waals surface area (Å²) in [5, 5.41) is 13.1. The van der Waals surface area contributed by atoms with Gasteiger partial charge in [0.15, 0.2) is 6.10 Å². The number of carbonyl (C=O) groups excluding carboxylic acids is 4. The zero-order chi connectivity index (χ0) is 20.4. The first kappa shape index (κ1) is 22.5. The third-order valence-corrected chi connectivity index (χ3v) is 4.23. The molecule has 27 heavy (non-hydrogen) atoms. The predicted octanol–water partition coefficient (Wildman–Crippen LogP) is 0.0711. The molecule has 3 N–H and O–H groups in total. The van der Waals surface area contributed by atoms with E-state index in [-0.39, 0.29) is 37.8 Å². The number of hydrogen-bond acceptors (Lipinski definition) is 8. The lowest BCUT2D eigenvalue weighted by Gasteiger charge is -2.35. The van der Waals surface area contributed by atoms with Crippen LogP contribution < -0.4 is 10.6 Å². The molecule has 0 aromatic rings. The minimum Gasteiger partial charge on any atom is -0.478 e. The summed E-state index contributed by atoms with van der Waals surface area (Å²) in [4.78, 5) is 56.5. The third-order valence-electron chi connectivity index (χ3n) is 3.41. The van der Waals surface area contributed by atoms with Crippen molar-refractivity contribution in [3.05, 3.63) is 12.2 Å². The summed E-state index contributed by atoms with van der Waals surface area (Å²) in [6, 6.07) is 0. The largest absolute Gasteiger partial charge is 0.509 e. The van der Waals surface area contributed by atoms with Crippen LogP contribution in [-0.4, -0.2) is 65.7 Å². The van der Waals surface area contributed by atoms with Gasteiger partial charge in [0.1, 0.15) is 6.61 Å². The molecule has 1 aliphatic heterocycles. The average Bonchev–Trinajstić information content (AvgIpc) is 2.58. The molecule has 1 rings (SSSR count). The van der Waals surface area contributed by atoms with Crippen molar-refractivity contribution in [3.63, 3.8) is 0 Å². The van der Waals surface area contributed by atoms with Crippen LogP contribution in [0.4, 0.5) is 4.79 Å². The van der Waals surface area contributed by atoms with Crippen molar-refractivity contribution >= 4 is 40.8 Å². The first-order valence-electron chi connectivity index (χ1n) is 8.07. The number of aliphatic carboxylic acids is 1. The Morgan fingerprint density at radius 1 is 1.22 bits per heavy atom. The van der Waals surface area contributed by atoms with Crippen molar-refractivity contribution < 1.29 is 38.6 Å². The Bertz CT molecular complexity index is 632. The number of carboxylic acid groups (broad SMARTS) is 1. The Kier molecular flexibility index (Phi) is 8.79. The van der Waals surface area contributed by atoms with Gasteiger partial charge in [-0.1, -0.05) is 25.6 Å². The molecule has 0 bridgehead atoms. The van der Waals surface area contributed by atoms with Crippen LogP contribution >= 0.6 is 11.8 Å². The normalized spacial score (nSPS) is 18.3. The maximum absolute atomic E-state index is 12.1. The van der Waals surface area contributed by atoms with E-state index >= 15 is 0 Å². The number of thioether (sulfide) groups is 1. The molecule has 0 spiro atoms. The summed E-state index contributed by atoms with van der Waals surface area (Å²) in [7, 11) is 0. The van der Waals surface area contributed by atoms with Crippen LogP contribution in [-0.2, 0) is 28.7 Å². The van der Waals surface area contributed by atoms with Gasteiger partial charge in [0.25, 0.3) is 5.91 Å². The van der Waals surface area contributed by atoms with Gasteiger partial charge in [-0.05, 0) is 6.08 Å². The van der Waals surface area contributed by atoms with Gasteiger partial charge in [0.2, 0.25) is 11.0 Å². The van der Waals surface area contributed by atoms with Crippen LogP contribution in [0.2, 0.25) is 0 Å². The fourth-order valence-corrected chi connectivity index (χ4v) is 2.60. The van der Waals surface area contributed by atoms with E-state index in [0.717, 1.165) is 23.9 Å². The second-order valence-electron chi connectivity index (χ2n) is 6.26. The molecule has 1 saturated heterocycles. The summed E-state index contributed by atoms with van der Waals surface area (Å²) in [6.07, 6.45) is -0.204. The van der Waals surface area contributed by atoms with Gasteiger partial charge in [0.05, 0.1) is 0 Å². The minimum absolute atomic E-state index is 0.0147. The van der Waals surface area contributed by atoms with E-state index < -0.39 is 34.7 Å². The van der Waals surface area contributed by atoms with E-state index in [4.69, 9.17) is 14.6 Å². The van der Waals surface area contributed by atoms with E-state index in [1.165, 1.54) is 0 Å². The Balaban J connectivity index is 2.21. The lowest BCUT2D eigenvalue weighted by molar-refractivity contribution is -0.149. The number of carbonyl (C=O) groups is 5. The molecule has 1 fully saturated rings. The highest BCUT2D eigenvalue weighted by atomic mass is 32.2. The molecule has 11 heteroatoms. The summed E-state index contributed by atoms with van der Waals surface area (Å²) in [6.45, 7) is 3.78. The summed E-state index contributed by atoms with van der Waals surface area (Å²) in [5.41, 5.74) is -0.681. The Morgan fingerprint density at radius 2 is 1.93 bits per heavy atom. The highest BCUT2D eigenvalue weighted by Gasteiger charge is 2.43. The number of rotatable bonds is 9. The smallest absolute Gasteiger partial charge is 0.478 e. The summed E-state index contributed by atoms with van der Waals surface area (Å²) < 4.78 is 9.66. The molecule has 0 aromatic heterocycles. The van der Waals surface area contributed by atoms with Crippen LogP contribution in [0.3, 0.4) is 0 Å². The molecule has 1 aliphatic rings. The van der Waals surface area contributed by atoms with Crippen molar-refractivity contribution in [2.45, 2.75) is 26.4 Å². The van der Waals surface area contributed by atoms with Crippen LogP contribution in [0.15, 0.2) is 12.2 Å². The number of hydrogen-bond donors (Lipinski definition) is 3. The fourth-order valence-electron chi connectivity index (χ4n) is 2.03. The SMILES string of the molecule is CC1(C)COC(=O)O[C@H]1C(=O)NCCC(=O)NCCSC(=O)/C=C/C(=O)O. The van der Waals surface area contributed by atoms with E-state index in [1.807, 2.05) is 0 Å². The standard InChI is InChI=1S/C16H22N2O8S/c1-16(2)9-25-15(24)26-13(16)14(23)18-6-5-10(19)17-7-8-27-12(22)4-3-11(20)21/h3-4,13H,5-9H2,1-2H3,(H,17,19)(H,18,23)(H,20,21)/b4-3+/t13-/m0/s1. The highest BCUT2D eigenvalue weighted by Crippen LogP contribution is 2.28. The van der Waals surface area contributed by atoms with E-state index in [1.54, 1.807) is 13.8 Å². The van der Waals surface area contributed by atoms with Gasteiger partial charge in [-0.2, -0.15) is 0 Å². The number of carboxylic acids is 1. The van der Waals surface area contributed by atoms with Crippen molar-refractivity contribution in [2.24, 2.45) is 5.41 Å². The van der Waals surface area contributed by atoms with Crippen LogP contribution in [0.5, 0.6) is 0 Å². The lowest BCUT2D eigenvalue weighted by atomic mass is 9.86. The molecular weight excluding hydrogens is 380 g/mol. The van der Waals surface area contributed by atoms with Gasteiger partial charge >= 0.3 is 12.1 Å². The number of ether oxygens (including phenoxy) is 2. The van der Waals surface area contributed by atoms with Crippen molar-refractivity contribution in [3.8, 4) is 0 Å². The Morgan fingerprint density at radius 3 is 2.59 bits per heavy atom. The molecular formula is C16H22N2O8S. The zero-order valence-corrected chi connectivity index (χ0v) is 15.8. The van der Waals surface area contributed by atoms with Crippen LogP contribution in [0.1, 0.15) is 20.3 Å². The maximum Gasteiger partial charge on any atom is 0.509 e. The Hall–Kier alpha value is -2.56. The molecule has 0 radical (unpaired) electrons. The molecule has 10 nitrogen and oxygen atoms in total. The molecule has 1 heterocycles. The van der Waals surface area contributed by atoms with Crippen LogP contribution in [0, 0.1) is 5.41 Å². The Labute approximate surface area is 160 Å². The third kappa shape index (κ3) is 8.58. The quantitative estimate of drug-likeness (QED) is 0.277. The van der Waals surface area contributed by atoms with Crippen molar-refractivity contribution in [1.29, 1.82) is 0 Å². The number of nitrogens with one attached hydrogen (secondary N) is 2. The second-order valence-corrected chi connectivity index (χ2v) is 7.35. The first-order chi connectivity index (χ1) is 12.6. The predicted molar refractivity (Wildman–Crippen MR) is 94.9 cm³/mol. The molecule has 0 unspecified atom stereocenters. The van der Waals surface area contributed by atoms with Crippen LogP contribution in [0.25, 0.3) is 0 Å². The van der Waals surface area contributed by atoms with Gasteiger partial charge in [0, 0.05) is 36.8 Å². The van der Waals surface area contributed by atoms with E-state index in [2.05, 4.69) is 10.6 Å². The molecule has 0 aliphatic carbocycles. The van der Waals surface area contributed by atoms with Gasteiger partial charge in [-0.25, -0.2) is 9.59 Å². The first-order valence-corrected chi connectivity index (χ1v) is 9.06. The minimum atomic E-state index is -1.21. The number of amides is 2. The number of cyclic esters (lactones) is 2. The lowest BCUT2D eigenvalue weighted by Crippen LogP contribution is -2.52. The summed E-state index contributed by atoms with van der Waals surface area (Å²) in [5.74, 6) is -1.76. The fraction of sp³-hybridized carbons (Fsp3) is 0.562. The highest BCUT2D eigenvalue weighted by molar-refractivity contribution is 8.14. The van der Waals surface area contributed by atoms with Gasteiger partial charge in [-0.15, -0.1) is 0 Å². The van der Waals surface area contributed by atoms with E-state index in [0.29, 0.717) is 0 Å². The maximum atomic E-state index is 12.1. The topological polar surface area (TPSA) is 148 Å². The molecule has 150 valence electrons. The van der Waals surface area contributed by atoms with Crippen molar-refractivity contribution in [1.82, 2.24) is 10.6 Å². The monoisotopic (exact) mass is 402 g/mol. The molecule has 0 saturated carbocycles. The molecule has 2 amide bonds.